The third-order valence-corrected chi connectivity index (χ3v) is 3.15. The number of carbonyl (C=O) groups is 1. The van der Waals surface area contributed by atoms with Crippen LogP contribution >= 0.6 is 0 Å². The Morgan fingerprint density at radius 2 is 1.88 bits per heavy atom. The largest absolute Gasteiger partial charge is 0.455 e. The minimum atomic E-state index is -5.86. The minimum absolute atomic E-state index is 0.389. The van der Waals surface area contributed by atoms with Gasteiger partial charge in [-0.3, -0.25) is 4.79 Å². The molecule has 10 heteroatoms. The quantitative estimate of drug-likeness (QED) is 0.654. The second-order valence-corrected chi connectivity index (χ2v) is 5.38. The standard InChI is InChI=1S/C14H13F6N3O/c1-4-12(2,3)23(7-13(16,17)14(18,19)20)11-9(10(21)24)5-8(15)6-22-11/h1,5-6H,7H2,2-3H3,(H2,21,24). The summed E-state index contributed by atoms with van der Waals surface area (Å²) in [4.78, 5) is 15.2. The van der Waals surface area contributed by atoms with Gasteiger partial charge in [0, 0.05) is 0 Å². The summed E-state index contributed by atoms with van der Waals surface area (Å²) < 4.78 is 77.8. The molecular weight excluding hydrogens is 340 g/mol. The number of hydrogen-bond acceptors (Lipinski definition) is 3. The van der Waals surface area contributed by atoms with Crippen LogP contribution < -0.4 is 10.6 Å². The first-order valence-corrected chi connectivity index (χ1v) is 6.38. The summed E-state index contributed by atoms with van der Waals surface area (Å²) in [5, 5.41) is 0. The number of pyridine rings is 1. The summed E-state index contributed by atoms with van der Waals surface area (Å²) in [5.41, 5.74) is 2.65. The number of anilines is 1. The highest BCUT2D eigenvalue weighted by Crippen LogP contribution is 2.39. The van der Waals surface area contributed by atoms with Crippen LogP contribution in [-0.2, 0) is 0 Å². The van der Waals surface area contributed by atoms with Gasteiger partial charge in [-0.05, 0) is 19.9 Å². The Labute approximate surface area is 133 Å². The first-order chi connectivity index (χ1) is 10.7. The molecule has 1 aromatic rings. The van der Waals surface area contributed by atoms with Gasteiger partial charge in [-0.25, -0.2) is 9.37 Å². The van der Waals surface area contributed by atoms with Gasteiger partial charge in [-0.1, -0.05) is 5.92 Å². The fourth-order valence-corrected chi connectivity index (χ4v) is 1.73. The Bertz CT molecular complexity index is 678. The van der Waals surface area contributed by atoms with Crippen LogP contribution in [0.5, 0.6) is 0 Å². The van der Waals surface area contributed by atoms with Crippen molar-refractivity contribution < 1.29 is 31.1 Å². The van der Waals surface area contributed by atoms with Crippen LogP contribution in [0.2, 0.25) is 0 Å². The Hall–Kier alpha value is -2.44. The van der Waals surface area contributed by atoms with E-state index >= 15 is 0 Å². The number of terminal acetylenes is 1. The normalized spacial score (nSPS) is 12.6. The van der Waals surface area contributed by atoms with E-state index in [1.54, 1.807) is 0 Å². The topological polar surface area (TPSA) is 59.2 Å². The number of amides is 1. The van der Waals surface area contributed by atoms with Crippen LogP contribution in [0.4, 0.5) is 32.2 Å². The second-order valence-electron chi connectivity index (χ2n) is 5.38. The van der Waals surface area contributed by atoms with Gasteiger partial charge < -0.3 is 10.6 Å². The number of nitrogens with zero attached hydrogens (tertiary/aromatic N) is 2. The molecule has 0 saturated heterocycles. The lowest BCUT2D eigenvalue weighted by molar-refractivity contribution is -0.277. The molecule has 24 heavy (non-hydrogen) atoms. The molecule has 0 aliphatic heterocycles. The number of aromatic nitrogens is 1. The van der Waals surface area contributed by atoms with Crippen molar-refractivity contribution in [1.29, 1.82) is 0 Å². The molecule has 0 fully saturated rings. The van der Waals surface area contributed by atoms with E-state index in [1.165, 1.54) is 0 Å². The van der Waals surface area contributed by atoms with E-state index in [1.807, 2.05) is 5.92 Å². The van der Waals surface area contributed by atoms with Gasteiger partial charge in [0.15, 0.2) is 0 Å². The number of primary amides is 1. The van der Waals surface area contributed by atoms with E-state index in [4.69, 9.17) is 12.2 Å². The molecule has 0 aliphatic rings. The number of nitrogens with two attached hydrogens (primary N) is 1. The number of halogens is 6. The lowest BCUT2D eigenvalue weighted by Gasteiger charge is -2.38. The maximum absolute atomic E-state index is 13.5. The lowest BCUT2D eigenvalue weighted by atomic mass is 10.0. The van der Waals surface area contributed by atoms with Crippen LogP contribution in [0.3, 0.4) is 0 Å². The Morgan fingerprint density at radius 3 is 2.29 bits per heavy atom. The molecule has 0 bridgehead atoms. The van der Waals surface area contributed by atoms with Crippen molar-refractivity contribution >= 4 is 11.7 Å². The van der Waals surface area contributed by atoms with Crippen LogP contribution in [0.25, 0.3) is 0 Å². The molecule has 0 unspecified atom stereocenters. The Morgan fingerprint density at radius 1 is 1.33 bits per heavy atom. The summed E-state index contributed by atoms with van der Waals surface area (Å²) in [5.74, 6) is -6.08. The molecule has 0 saturated carbocycles. The van der Waals surface area contributed by atoms with Crippen LogP contribution in [0, 0.1) is 18.2 Å². The van der Waals surface area contributed by atoms with Gasteiger partial charge in [0.05, 0.1) is 23.8 Å². The smallest absolute Gasteiger partial charge is 0.365 e. The maximum atomic E-state index is 13.5. The van der Waals surface area contributed by atoms with E-state index in [-0.39, 0.29) is 0 Å². The average molecular weight is 353 g/mol. The van der Waals surface area contributed by atoms with Crippen molar-refractivity contribution in [3.8, 4) is 12.3 Å². The van der Waals surface area contributed by atoms with E-state index in [2.05, 4.69) is 4.98 Å². The van der Waals surface area contributed by atoms with Crippen molar-refractivity contribution in [2.45, 2.75) is 31.5 Å². The zero-order valence-electron chi connectivity index (χ0n) is 12.6. The summed E-state index contributed by atoms with van der Waals surface area (Å²) in [6, 6.07) is 0.579. The third-order valence-electron chi connectivity index (χ3n) is 3.15. The third kappa shape index (κ3) is 3.90. The van der Waals surface area contributed by atoms with E-state index in [0.717, 1.165) is 13.8 Å². The van der Waals surface area contributed by atoms with Crippen LogP contribution in [0.1, 0.15) is 24.2 Å². The Balaban J connectivity index is 3.54. The van der Waals surface area contributed by atoms with Crippen molar-refractivity contribution in [2.75, 3.05) is 11.4 Å². The number of rotatable bonds is 5. The van der Waals surface area contributed by atoms with Gasteiger partial charge in [0.2, 0.25) is 0 Å². The predicted octanol–water partition coefficient (Wildman–Crippen LogP) is 2.74. The maximum Gasteiger partial charge on any atom is 0.455 e. The second kappa shape index (κ2) is 6.22. The molecule has 0 radical (unpaired) electrons. The number of hydrogen-bond donors (Lipinski definition) is 1. The monoisotopic (exact) mass is 353 g/mol. The molecule has 1 heterocycles. The molecule has 0 aromatic carbocycles. The van der Waals surface area contributed by atoms with Crippen molar-refractivity contribution in [2.24, 2.45) is 5.73 Å². The molecule has 4 nitrogen and oxygen atoms in total. The molecule has 0 aliphatic carbocycles. The molecule has 1 aromatic heterocycles. The first kappa shape index (κ1) is 19.6. The van der Waals surface area contributed by atoms with Gasteiger partial charge in [-0.2, -0.15) is 22.0 Å². The number of alkyl halides is 5. The fraction of sp³-hybridized carbons (Fsp3) is 0.429. The zero-order valence-corrected chi connectivity index (χ0v) is 12.6. The highest BCUT2D eigenvalue weighted by atomic mass is 19.4. The number of carbonyl (C=O) groups excluding carboxylic acids is 1. The van der Waals surface area contributed by atoms with Crippen molar-refractivity contribution in [3.63, 3.8) is 0 Å². The van der Waals surface area contributed by atoms with Gasteiger partial charge in [0.1, 0.15) is 11.6 Å². The molecule has 1 rings (SSSR count). The summed E-state index contributed by atoms with van der Waals surface area (Å²) in [6.07, 6.45) is -0.117. The molecule has 0 spiro atoms. The van der Waals surface area contributed by atoms with Crippen LogP contribution in [0.15, 0.2) is 12.3 Å². The predicted molar refractivity (Wildman–Crippen MR) is 74.0 cm³/mol. The molecule has 0 atom stereocenters. The minimum Gasteiger partial charge on any atom is -0.365 e. The van der Waals surface area contributed by atoms with E-state index < -0.39 is 47.3 Å². The van der Waals surface area contributed by atoms with Crippen molar-refractivity contribution in [1.82, 2.24) is 4.98 Å². The molecular formula is C14H13F6N3O. The Kier molecular flexibility index (Phi) is 5.08. The van der Waals surface area contributed by atoms with Gasteiger partial charge in [-0.15, -0.1) is 6.42 Å². The average Bonchev–Trinajstić information content (AvgIpc) is 2.43. The summed E-state index contributed by atoms with van der Waals surface area (Å²) in [6.45, 7) is 0.400. The van der Waals surface area contributed by atoms with Crippen LogP contribution in [-0.4, -0.2) is 35.1 Å². The highest BCUT2D eigenvalue weighted by Gasteiger charge is 2.59. The van der Waals surface area contributed by atoms with Gasteiger partial charge >= 0.3 is 12.1 Å². The molecule has 132 valence electrons. The highest BCUT2D eigenvalue weighted by molar-refractivity contribution is 5.97. The fourth-order valence-electron chi connectivity index (χ4n) is 1.73. The van der Waals surface area contributed by atoms with Gasteiger partial charge in [0.25, 0.3) is 5.91 Å². The lowest BCUT2D eigenvalue weighted by Crippen LogP contribution is -2.54. The zero-order chi connectivity index (χ0) is 18.9. The van der Waals surface area contributed by atoms with E-state index in [9.17, 15) is 31.1 Å². The summed E-state index contributed by atoms with van der Waals surface area (Å²) in [7, 11) is 0. The molecule has 1 amide bonds. The first-order valence-electron chi connectivity index (χ1n) is 6.38. The summed E-state index contributed by atoms with van der Waals surface area (Å²) >= 11 is 0. The van der Waals surface area contributed by atoms with E-state index in [0.29, 0.717) is 17.2 Å². The van der Waals surface area contributed by atoms with Crippen molar-refractivity contribution in [3.05, 3.63) is 23.6 Å². The SMILES string of the molecule is C#CC(C)(C)N(CC(F)(F)C(F)(F)F)c1ncc(F)cc1C(N)=O. The molecule has 2 N–H and O–H groups in total.